The van der Waals surface area contributed by atoms with Crippen LogP contribution in [0.2, 0.25) is 0 Å². The molecule has 0 aliphatic carbocycles. The molecule has 3 aromatic heterocycles. The number of hydrogen-bond acceptors (Lipinski definition) is 7. The van der Waals surface area contributed by atoms with Gasteiger partial charge in [0.05, 0.1) is 5.69 Å². The van der Waals surface area contributed by atoms with Crippen molar-refractivity contribution in [2.24, 2.45) is 0 Å². The molecule has 0 radical (unpaired) electrons. The fraction of sp³-hybridized carbons (Fsp3) is 0.344. The molecule has 1 aromatic carbocycles. The summed E-state index contributed by atoms with van der Waals surface area (Å²) in [6.07, 6.45) is 10.1. The van der Waals surface area contributed by atoms with Crippen LogP contribution in [0.4, 0.5) is 5.69 Å². The zero-order valence-electron chi connectivity index (χ0n) is 23.8. The lowest BCUT2D eigenvalue weighted by Crippen LogP contribution is -2.47. The lowest BCUT2D eigenvalue weighted by Gasteiger charge is -2.33. The minimum atomic E-state index is -0.255. The fourth-order valence-electron chi connectivity index (χ4n) is 5.54. The predicted molar refractivity (Wildman–Crippen MR) is 163 cm³/mol. The van der Waals surface area contributed by atoms with Crippen LogP contribution in [0.1, 0.15) is 41.0 Å². The number of likely N-dealkylation sites (tertiary alicyclic amines) is 2. The van der Waals surface area contributed by atoms with E-state index >= 15 is 0 Å². The Morgan fingerprint density at radius 2 is 1.86 bits per heavy atom. The van der Waals surface area contributed by atoms with Crippen molar-refractivity contribution in [1.82, 2.24) is 35.1 Å². The summed E-state index contributed by atoms with van der Waals surface area (Å²) in [6, 6.07) is 13.6. The van der Waals surface area contributed by atoms with Crippen LogP contribution in [-0.4, -0.2) is 80.3 Å². The number of carbonyl (C=O) groups is 2. The molecule has 0 spiro atoms. The van der Waals surface area contributed by atoms with Gasteiger partial charge in [-0.05, 0) is 87.3 Å². The highest BCUT2D eigenvalue weighted by atomic mass is 16.2. The normalized spacial score (nSPS) is 17.8. The van der Waals surface area contributed by atoms with Crippen molar-refractivity contribution < 1.29 is 9.59 Å². The summed E-state index contributed by atoms with van der Waals surface area (Å²) in [5.74, 6) is -0.279. The fourth-order valence-corrected chi connectivity index (χ4v) is 5.54. The number of fused-ring (bicyclic) bond motifs is 1. The van der Waals surface area contributed by atoms with Gasteiger partial charge in [-0.25, -0.2) is 9.97 Å². The van der Waals surface area contributed by atoms with Gasteiger partial charge >= 0.3 is 0 Å². The summed E-state index contributed by atoms with van der Waals surface area (Å²) < 4.78 is 0. The van der Waals surface area contributed by atoms with Gasteiger partial charge in [-0.1, -0.05) is 18.2 Å². The van der Waals surface area contributed by atoms with Gasteiger partial charge in [0.1, 0.15) is 17.7 Å². The third kappa shape index (κ3) is 6.72. The molecular formula is C32H36N8O2. The second kappa shape index (κ2) is 12.6. The Morgan fingerprint density at radius 1 is 1.02 bits per heavy atom. The lowest BCUT2D eigenvalue weighted by molar-refractivity contribution is -0.117. The Labute approximate surface area is 245 Å². The van der Waals surface area contributed by atoms with E-state index in [0.717, 1.165) is 79.1 Å². The second-order valence-corrected chi connectivity index (χ2v) is 11.1. The number of piperidine rings is 1. The Hall–Kier alpha value is -4.41. The summed E-state index contributed by atoms with van der Waals surface area (Å²) in [5, 5.41) is 7.10. The minimum absolute atomic E-state index is 0.0241. The highest BCUT2D eigenvalue weighted by Crippen LogP contribution is 2.25. The molecule has 1 unspecified atom stereocenters. The Kier molecular flexibility index (Phi) is 8.34. The predicted octanol–water partition coefficient (Wildman–Crippen LogP) is 3.92. The Balaban J connectivity index is 1.02. The smallest absolute Gasteiger partial charge is 0.274 e. The SMILES string of the molecule is Cc1ncnc2[nH]c(-c3ccc(NC(=O)c4cc(CN5CCCC(NC(=O)C=CCN6CCC6)C5)ccn4)cc3)cc12. The number of nitrogens with one attached hydrogen (secondary N) is 3. The topological polar surface area (TPSA) is 119 Å². The molecule has 1 atom stereocenters. The number of nitrogens with zero attached hydrogens (tertiary/aromatic N) is 5. The number of benzene rings is 1. The van der Waals surface area contributed by atoms with Gasteiger partial charge in [0.2, 0.25) is 5.91 Å². The van der Waals surface area contributed by atoms with Gasteiger partial charge in [-0.2, -0.15) is 0 Å². The molecule has 6 rings (SSSR count). The van der Waals surface area contributed by atoms with Crippen molar-refractivity contribution >= 4 is 28.5 Å². The summed E-state index contributed by atoms with van der Waals surface area (Å²) in [5.41, 5.74) is 5.74. The molecule has 10 nitrogen and oxygen atoms in total. The molecular weight excluding hydrogens is 528 g/mol. The molecule has 2 aliphatic rings. The van der Waals surface area contributed by atoms with Gasteiger partial charge in [-0.3, -0.25) is 24.4 Å². The van der Waals surface area contributed by atoms with E-state index in [4.69, 9.17) is 0 Å². The van der Waals surface area contributed by atoms with Crippen LogP contribution in [0, 0.1) is 6.92 Å². The van der Waals surface area contributed by atoms with Gasteiger partial charge in [0.25, 0.3) is 5.91 Å². The van der Waals surface area contributed by atoms with Crippen molar-refractivity contribution in [3.8, 4) is 11.3 Å². The first-order valence-electron chi connectivity index (χ1n) is 14.6. The third-order valence-corrected chi connectivity index (χ3v) is 7.98. The first-order valence-corrected chi connectivity index (χ1v) is 14.6. The van der Waals surface area contributed by atoms with Gasteiger partial charge in [0, 0.05) is 54.7 Å². The summed E-state index contributed by atoms with van der Waals surface area (Å²) in [7, 11) is 0. The molecule has 0 bridgehead atoms. The molecule has 2 amide bonds. The van der Waals surface area contributed by atoms with Crippen molar-refractivity contribution in [2.75, 3.05) is 38.0 Å². The van der Waals surface area contributed by atoms with Crippen molar-refractivity contribution in [3.05, 3.63) is 84.1 Å². The average molecular weight is 565 g/mol. The number of aromatic nitrogens is 4. The number of rotatable bonds is 9. The number of hydrogen-bond donors (Lipinski definition) is 3. The average Bonchev–Trinajstić information content (AvgIpc) is 3.41. The van der Waals surface area contributed by atoms with E-state index in [1.54, 1.807) is 18.6 Å². The molecule has 10 heteroatoms. The first-order chi connectivity index (χ1) is 20.5. The lowest BCUT2D eigenvalue weighted by atomic mass is 10.0. The van der Waals surface area contributed by atoms with Gasteiger partial charge in [-0.15, -0.1) is 0 Å². The van der Waals surface area contributed by atoms with Crippen LogP contribution in [0.15, 0.2) is 67.1 Å². The quantitative estimate of drug-likeness (QED) is 0.264. The third-order valence-electron chi connectivity index (χ3n) is 7.98. The molecule has 42 heavy (non-hydrogen) atoms. The monoisotopic (exact) mass is 564 g/mol. The van der Waals surface area contributed by atoms with Crippen molar-refractivity contribution in [3.63, 3.8) is 0 Å². The van der Waals surface area contributed by atoms with E-state index in [1.807, 2.05) is 55.5 Å². The van der Waals surface area contributed by atoms with Crippen molar-refractivity contribution in [1.29, 1.82) is 0 Å². The molecule has 2 fully saturated rings. The first kappa shape index (κ1) is 27.7. The Bertz CT molecular complexity index is 1590. The number of carbonyl (C=O) groups excluding carboxylic acids is 2. The summed E-state index contributed by atoms with van der Waals surface area (Å²) in [6.45, 7) is 7.48. The number of pyridine rings is 1. The maximum absolute atomic E-state index is 13.0. The van der Waals surface area contributed by atoms with Crippen LogP contribution in [0.5, 0.6) is 0 Å². The second-order valence-electron chi connectivity index (χ2n) is 11.1. The van der Waals surface area contributed by atoms with Crippen LogP contribution in [0.25, 0.3) is 22.3 Å². The van der Waals surface area contributed by atoms with Gasteiger partial charge in [0.15, 0.2) is 0 Å². The number of aryl methyl sites for hydroxylation is 1. The van der Waals surface area contributed by atoms with Crippen LogP contribution in [-0.2, 0) is 11.3 Å². The Morgan fingerprint density at radius 3 is 2.64 bits per heavy atom. The molecule has 2 aliphatic heterocycles. The van der Waals surface area contributed by atoms with Crippen LogP contribution < -0.4 is 10.6 Å². The van der Waals surface area contributed by atoms with Crippen molar-refractivity contribution in [2.45, 2.75) is 38.8 Å². The highest BCUT2D eigenvalue weighted by Gasteiger charge is 2.21. The maximum Gasteiger partial charge on any atom is 0.274 e. The maximum atomic E-state index is 13.0. The number of amides is 2. The summed E-state index contributed by atoms with van der Waals surface area (Å²) in [4.78, 5) is 46.2. The molecule has 0 saturated carbocycles. The molecule has 4 aromatic rings. The van der Waals surface area contributed by atoms with E-state index in [2.05, 4.69) is 40.4 Å². The molecule has 3 N–H and O–H groups in total. The van der Waals surface area contributed by atoms with Gasteiger partial charge < -0.3 is 15.6 Å². The number of aromatic amines is 1. The number of anilines is 1. The minimum Gasteiger partial charge on any atom is -0.349 e. The largest absolute Gasteiger partial charge is 0.349 e. The van der Waals surface area contributed by atoms with Crippen LogP contribution >= 0.6 is 0 Å². The zero-order valence-corrected chi connectivity index (χ0v) is 23.8. The van der Waals surface area contributed by atoms with E-state index in [9.17, 15) is 9.59 Å². The van der Waals surface area contributed by atoms with E-state index in [0.29, 0.717) is 17.9 Å². The highest BCUT2D eigenvalue weighted by molar-refractivity contribution is 6.03. The standard InChI is InChI=1S/C32H36N8O2/c1-22-27-18-28(38-31(27)35-21-34-22)24-7-9-25(10-8-24)37-32(42)29-17-23(11-12-33-29)19-40-14-2-5-26(20-40)36-30(41)6-3-13-39-15-4-16-39/h3,6-12,17-18,21,26H,2,4-5,13-16,19-20H2,1H3,(H,36,41)(H,37,42)(H,34,35,38). The van der Waals surface area contributed by atoms with E-state index in [1.165, 1.54) is 6.42 Å². The summed E-state index contributed by atoms with van der Waals surface area (Å²) >= 11 is 0. The molecule has 5 heterocycles. The van der Waals surface area contributed by atoms with Crippen LogP contribution in [0.3, 0.4) is 0 Å². The van der Waals surface area contributed by atoms with E-state index in [-0.39, 0.29) is 17.9 Å². The zero-order chi connectivity index (χ0) is 28.9. The molecule has 2 saturated heterocycles. The van der Waals surface area contributed by atoms with E-state index < -0.39 is 0 Å². The number of H-pyrrole nitrogens is 1. The molecule has 216 valence electrons.